The first-order chi connectivity index (χ1) is 12.4. The van der Waals surface area contributed by atoms with Crippen molar-refractivity contribution in [3.05, 3.63) is 46.4 Å². The van der Waals surface area contributed by atoms with E-state index in [0.717, 1.165) is 16.1 Å². The maximum atomic E-state index is 12.6. The summed E-state index contributed by atoms with van der Waals surface area (Å²) >= 11 is 1.41. The highest BCUT2D eigenvalue weighted by Gasteiger charge is 2.34. The lowest BCUT2D eigenvalue weighted by atomic mass is 9.82. The molecule has 136 valence electrons. The van der Waals surface area contributed by atoms with E-state index in [1.54, 1.807) is 0 Å². The number of thiazole rings is 1. The predicted octanol–water partition coefficient (Wildman–Crippen LogP) is 4.34. The molecule has 26 heavy (non-hydrogen) atoms. The van der Waals surface area contributed by atoms with Gasteiger partial charge in [-0.1, -0.05) is 24.3 Å². The molecule has 3 rings (SSSR count). The number of allylic oxidation sites excluding steroid dienone is 2. The smallest absolute Gasteiger partial charge is 0.307 e. The molecular formula is C20H22N2O3S. The minimum Gasteiger partial charge on any atom is -0.481 e. The summed E-state index contributed by atoms with van der Waals surface area (Å²) in [7, 11) is 0. The minimum atomic E-state index is -0.930. The van der Waals surface area contributed by atoms with Crippen LogP contribution in [-0.4, -0.2) is 22.0 Å². The molecule has 0 aliphatic heterocycles. The van der Waals surface area contributed by atoms with Crippen LogP contribution in [0, 0.1) is 32.6 Å². The molecule has 0 radical (unpaired) electrons. The van der Waals surface area contributed by atoms with Crippen molar-refractivity contribution in [3.8, 4) is 11.3 Å². The molecule has 1 aromatic carbocycles. The van der Waals surface area contributed by atoms with Gasteiger partial charge in [-0.2, -0.15) is 0 Å². The lowest BCUT2D eigenvalue weighted by Crippen LogP contribution is -2.34. The third-order valence-electron chi connectivity index (χ3n) is 4.89. The molecule has 0 unspecified atom stereocenters. The van der Waals surface area contributed by atoms with Crippen molar-refractivity contribution in [2.24, 2.45) is 11.8 Å². The van der Waals surface area contributed by atoms with Crippen LogP contribution >= 0.6 is 11.3 Å². The lowest BCUT2D eigenvalue weighted by molar-refractivity contribution is -0.146. The fourth-order valence-corrected chi connectivity index (χ4v) is 4.02. The van der Waals surface area contributed by atoms with E-state index in [9.17, 15) is 14.7 Å². The molecule has 0 saturated heterocycles. The minimum absolute atomic E-state index is 0.276. The Morgan fingerprint density at radius 1 is 1.12 bits per heavy atom. The van der Waals surface area contributed by atoms with Gasteiger partial charge in [0.2, 0.25) is 5.91 Å². The van der Waals surface area contributed by atoms with Gasteiger partial charge in [0, 0.05) is 10.4 Å². The summed E-state index contributed by atoms with van der Waals surface area (Å²) in [4.78, 5) is 29.6. The Morgan fingerprint density at radius 2 is 1.81 bits per heavy atom. The fourth-order valence-electron chi connectivity index (χ4n) is 3.18. The molecule has 1 heterocycles. The second-order valence-electron chi connectivity index (χ2n) is 6.71. The van der Waals surface area contributed by atoms with Gasteiger partial charge in [0.05, 0.1) is 17.5 Å². The Hall–Kier alpha value is -2.47. The quantitative estimate of drug-likeness (QED) is 0.785. The molecule has 0 fully saturated rings. The predicted molar refractivity (Wildman–Crippen MR) is 103 cm³/mol. The molecule has 2 N–H and O–H groups in total. The largest absolute Gasteiger partial charge is 0.481 e. The Kier molecular flexibility index (Phi) is 5.23. The molecule has 1 aliphatic carbocycles. The third kappa shape index (κ3) is 3.70. The Morgan fingerprint density at radius 3 is 2.46 bits per heavy atom. The van der Waals surface area contributed by atoms with Crippen molar-refractivity contribution < 1.29 is 14.7 Å². The standard InChI is InChI=1S/C20H22N2O3S/c1-11-8-9-14(10-12(11)2)17-13(3)26-20(21-17)22-18(23)15-6-4-5-7-16(15)19(24)25/h4-5,8-10,15-16H,6-7H2,1-3H3,(H,24,25)(H,21,22,23)/t15-,16-/m0/s1. The first-order valence-corrected chi connectivity index (χ1v) is 9.42. The number of hydrogen-bond acceptors (Lipinski definition) is 4. The number of carboxylic acid groups (broad SMARTS) is 1. The van der Waals surface area contributed by atoms with E-state index in [1.807, 2.05) is 25.1 Å². The Labute approximate surface area is 156 Å². The highest BCUT2D eigenvalue weighted by Crippen LogP contribution is 2.33. The number of carbonyl (C=O) groups is 2. The van der Waals surface area contributed by atoms with Gasteiger partial charge in [0.15, 0.2) is 5.13 Å². The average Bonchev–Trinajstić information content (AvgIpc) is 2.97. The number of amides is 1. The zero-order chi connectivity index (χ0) is 18.8. The van der Waals surface area contributed by atoms with E-state index in [1.165, 1.54) is 22.5 Å². The molecule has 1 aromatic heterocycles. The van der Waals surface area contributed by atoms with E-state index < -0.39 is 17.8 Å². The fraction of sp³-hybridized carbons (Fsp3) is 0.350. The van der Waals surface area contributed by atoms with E-state index in [2.05, 4.69) is 36.3 Å². The highest BCUT2D eigenvalue weighted by molar-refractivity contribution is 7.16. The first-order valence-electron chi connectivity index (χ1n) is 8.60. The van der Waals surface area contributed by atoms with Gasteiger partial charge < -0.3 is 10.4 Å². The number of aliphatic carboxylic acids is 1. The number of carbonyl (C=O) groups excluding carboxylic acids is 1. The average molecular weight is 370 g/mol. The molecule has 1 aliphatic rings. The van der Waals surface area contributed by atoms with E-state index in [4.69, 9.17) is 0 Å². The van der Waals surface area contributed by atoms with Crippen LogP contribution in [0.3, 0.4) is 0 Å². The van der Waals surface area contributed by atoms with Crippen molar-refractivity contribution in [1.82, 2.24) is 4.98 Å². The number of nitrogens with one attached hydrogen (secondary N) is 1. The summed E-state index contributed by atoms with van der Waals surface area (Å²) in [5.74, 6) is -2.45. The van der Waals surface area contributed by atoms with Crippen LogP contribution in [-0.2, 0) is 9.59 Å². The van der Waals surface area contributed by atoms with Crippen molar-refractivity contribution >= 4 is 28.3 Å². The molecule has 0 spiro atoms. The van der Waals surface area contributed by atoms with Crippen molar-refractivity contribution in [3.63, 3.8) is 0 Å². The van der Waals surface area contributed by atoms with Gasteiger partial charge in [-0.3, -0.25) is 9.59 Å². The van der Waals surface area contributed by atoms with Gasteiger partial charge in [-0.15, -0.1) is 11.3 Å². The molecule has 2 aromatic rings. The summed E-state index contributed by atoms with van der Waals surface area (Å²) < 4.78 is 0. The van der Waals surface area contributed by atoms with E-state index in [0.29, 0.717) is 18.0 Å². The second kappa shape index (κ2) is 7.41. The van der Waals surface area contributed by atoms with Gasteiger partial charge in [0.25, 0.3) is 0 Å². The number of hydrogen-bond donors (Lipinski definition) is 2. The van der Waals surface area contributed by atoms with Crippen LogP contribution in [0.4, 0.5) is 5.13 Å². The first kappa shape index (κ1) is 18.3. The number of nitrogens with zero attached hydrogens (tertiary/aromatic N) is 1. The number of benzene rings is 1. The monoisotopic (exact) mass is 370 g/mol. The second-order valence-corrected chi connectivity index (χ2v) is 7.91. The van der Waals surface area contributed by atoms with Gasteiger partial charge in [0.1, 0.15) is 0 Å². The van der Waals surface area contributed by atoms with Crippen LogP contribution < -0.4 is 5.32 Å². The molecule has 1 amide bonds. The van der Waals surface area contributed by atoms with E-state index >= 15 is 0 Å². The van der Waals surface area contributed by atoms with Crippen LogP contribution in [0.5, 0.6) is 0 Å². The Bertz CT molecular complexity index is 885. The Balaban J connectivity index is 1.80. The summed E-state index contributed by atoms with van der Waals surface area (Å²) in [5, 5.41) is 12.7. The van der Waals surface area contributed by atoms with Crippen LogP contribution in [0.2, 0.25) is 0 Å². The molecule has 5 nitrogen and oxygen atoms in total. The number of aromatic nitrogens is 1. The number of aryl methyl sites for hydroxylation is 3. The third-order valence-corrected chi connectivity index (χ3v) is 5.78. The number of rotatable bonds is 4. The highest BCUT2D eigenvalue weighted by atomic mass is 32.1. The van der Waals surface area contributed by atoms with Gasteiger partial charge >= 0.3 is 5.97 Å². The molecule has 2 atom stereocenters. The normalized spacial score (nSPS) is 19.3. The van der Waals surface area contributed by atoms with Crippen molar-refractivity contribution in [2.75, 3.05) is 5.32 Å². The zero-order valence-corrected chi connectivity index (χ0v) is 15.9. The van der Waals surface area contributed by atoms with Gasteiger partial charge in [-0.25, -0.2) is 4.98 Å². The maximum Gasteiger partial charge on any atom is 0.307 e. The van der Waals surface area contributed by atoms with Crippen LogP contribution in [0.15, 0.2) is 30.4 Å². The molecule has 0 bridgehead atoms. The SMILES string of the molecule is Cc1ccc(-c2nc(NC(=O)[C@H]3CC=CC[C@@H]3C(=O)O)sc2C)cc1C. The number of anilines is 1. The zero-order valence-electron chi connectivity index (χ0n) is 15.1. The summed E-state index contributed by atoms with van der Waals surface area (Å²) in [5.41, 5.74) is 4.29. The van der Waals surface area contributed by atoms with E-state index in [-0.39, 0.29) is 5.91 Å². The summed E-state index contributed by atoms with van der Waals surface area (Å²) in [6, 6.07) is 6.19. The maximum absolute atomic E-state index is 12.6. The summed E-state index contributed by atoms with van der Waals surface area (Å²) in [6.07, 6.45) is 4.53. The molecule has 0 saturated carbocycles. The molecular weight excluding hydrogens is 348 g/mol. The van der Waals surface area contributed by atoms with Crippen molar-refractivity contribution in [2.45, 2.75) is 33.6 Å². The summed E-state index contributed by atoms with van der Waals surface area (Å²) in [6.45, 7) is 6.10. The van der Waals surface area contributed by atoms with Gasteiger partial charge in [-0.05, 0) is 50.8 Å². The number of carboxylic acids is 1. The molecule has 6 heteroatoms. The topological polar surface area (TPSA) is 79.3 Å². The van der Waals surface area contributed by atoms with Crippen molar-refractivity contribution in [1.29, 1.82) is 0 Å². The van der Waals surface area contributed by atoms with Crippen LogP contribution in [0.1, 0.15) is 28.8 Å². The van der Waals surface area contributed by atoms with Crippen LogP contribution in [0.25, 0.3) is 11.3 Å². The lowest BCUT2D eigenvalue weighted by Gasteiger charge is -2.23.